The van der Waals surface area contributed by atoms with Crippen molar-refractivity contribution in [2.75, 3.05) is 10.6 Å². The number of nitrogens with zero attached hydrogens (tertiary/aromatic N) is 1. The highest BCUT2D eigenvalue weighted by atomic mass is 16.1. The van der Waals surface area contributed by atoms with E-state index in [0.717, 1.165) is 35.1 Å². The largest absolute Gasteiger partial charge is 0.381 e. The maximum Gasteiger partial charge on any atom is 0.250 e. The zero-order chi connectivity index (χ0) is 19.7. The van der Waals surface area contributed by atoms with Crippen molar-refractivity contribution in [2.45, 2.75) is 37.8 Å². The fourth-order valence-electron chi connectivity index (χ4n) is 4.06. The summed E-state index contributed by atoms with van der Waals surface area (Å²) >= 11 is 0. The van der Waals surface area contributed by atoms with Gasteiger partial charge in [0, 0.05) is 47.6 Å². The van der Waals surface area contributed by atoms with E-state index in [2.05, 4.69) is 27.3 Å². The van der Waals surface area contributed by atoms with Gasteiger partial charge in [-0.1, -0.05) is 18.9 Å². The van der Waals surface area contributed by atoms with E-state index >= 15 is 0 Å². The van der Waals surface area contributed by atoms with Crippen molar-refractivity contribution in [1.29, 1.82) is 0 Å². The second-order valence-electron chi connectivity index (χ2n) is 7.61. The minimum atomic E-state index is -0.455. The first-order valence-electron chi connectivity index (χ1n) is 9.80. The molecule has 1 saturated carbocycles. The highest BCUT2D eigenvalue weighted by molar-refractivity contribution is 6.02. The Kier molecular flexibility index (Phi) is 4.96. The molecule has 6 heteroatoms. The van der Waals surface area contributed by atoms with Crippen LogP contribution in [0.4, 0.5) is 17.1 Å². The summed E-state index contributed by atoms with van der Waals surface area (Å²) in [7, 11) is 2.01. The second-order valence-corrected chi connectivity index (χ2v) is 7.61. The summed E-state index contributed by atoms with van der Waals surface area (Å²) in [5, 5.41) is 8.05. The standard InChI is InChI=1S/C22H27N5O/c1-27-12-11-15-18(7-4-8-21(15)27)26-20-13-14(9-10-16(20)22(24)28)25-19-6-3-2-5-17(19)23/h4,7-13,17,19,25-26H,2-3,5-6,23H2,1H3,(H2,24,28). The number of carbonyl (C=O) groups excluding carboxylic acids is 1. The molecular formula is C22H27N5O. The average molecular weight is 377 g/mol. The molecule has 1 fully saturated rings. The van der Waals surface area contributed by atoms with Crippen LogP contribution in [-0.2, 0) is 7.05 Å². The van der Waals surface area contributed by atoms with E-state index in [0.29, 0.717) is 11.3 Å². The number of benzene rings is 2. The molecule has 3 aromatic rings. The second kappa shape index (κ2) is 7.56. The summed E-state index contributed by atoms with van der Waals surface area (Å²) in [5.74, 6) is -0.455. The number of hydrogen-bond acceptors (Lipinski definition) is 4. The van der Waals surface area contributed by atoms with E-state index in [-0.39, 0.29) is 12.1 Å². The van der Waals surface area contributed by atoms with Crippen molar-refractivity contribution >= 4 is 33.9 Å². The Morgan fingerprint density at radius 1 is 1.11 bits per heavy atom. The third-order valence-corrected chi connectivity index (χ3v) is 5.65. The first-order valence-corrected chi connectivity index (χ1v) is 9.80. The molecule has 2 aromatic carbocycles. The van der Waals surface area contributed by atoms with Crippen molar-refractivity contribution in [3.05, 3.63) is 54.2 Å². The number of amides is 1. The van der Waals surface area contributed by atoms with E-state index in [1.54, 1.807) is 6.07 Å². The molecule has 6 nitrogen and oxygen atoms in total. The number of aryl methyl sites for hydroxylation is 1. The van der Waals surface area contributed by atoms with Crippen LogP contribution in [0.1, 0.15) is 36.0 Å². The summed E-state index contributed by atoms with van der Waals surface area (Å²) in [5.41, 5.74) is 16.0. The third-order valence-electron chi connectivity index (χ3n) is 5.65. The Morgan fingerprint density at radius 3 is 2.71 bits per heavy atom. The lowest BCUT2D eigenvalue weighted by Gasteiger charge is -2.30. The first-order chi connectivity index (χ1) is 13.5. The van der Waals surface area contributed by atoms with Gasteiger partial charge in [-0.3, -0.25) is 4.79 Å². The van der Waals surface area contributed by atoms with Crippen LogP contribution < -0.4 is 22.1 Å². The van der Waals surface area contributed by atoms with Crippen molar-refractivity contribution in [3.63, 3.8) is 0 Å². The summed E-state index contributed by atoms with van der Waals surface area (Å²) in [6.07, 6.45) is 6.50. The molecule has 0 saturated heterocycles. The van der Waals surface area contributed by atoms with Crippen LogP contribution in [-0.4, -0.2) is 22.6 Å². The summed E-state index contributed by atoms with van der Waals surface area (Å²) < 4.78 is 2.07. The van der Waals surface area contributed by atoms with Crippen LogP contribution >= 0.6 is 0 Å². The molecule has 0 aliphatic heterocycles. The molecule has 6 N–H and O–H groups in total. The molecule has 1 amide bonds. The molecule has 1 heterocycles. The van der Waals surface area contributed by atoms with Gasteiger partial charge in [0.1, 0.15) is 0 Å². The molecule has 1 aromatic heterocycles. The lowest BCUT2D eigenvalue weighted by Crippen LogP contribution is -2.42. The van der Waals surface area contributed by atoms with Gasteiger partial charge in [-0.15, -0.1) is 0 Å². The van der Waals surface area contributed by atoms with Crippen molar-refractivity contribution in [2.24, 2.45) is 18.5 Å². The number of anilines is 3. The SMILES string of the molecule is Cn1ccc2c(Nc3cc(NC4CCCCC4N)ccc3C(N)=O)cccc21. The van der Waals surface area contributed by atoms with Gasteiger partial charge in [-0.05, 0) is 49.2 Å². The Balaban J connectivity index is 1.67. The van der Waals surface area contributed by atoms with Crippen molar-refractivity contribution < 1.29 is 4.79 Å². The smallest absolute Gasteiger partial charge is 0.250 e. The van der Waals surface area contributed by atoms with E-state index in [4.69, 9.17) is 11.5 Å². The van der Waals surface area contributed by atoms with Crippen LogP contribution in [0.25, 0.3) is 10.9 Å². The molecule has 2 atom stereocenters. The average Bonchev–Trinajstić information content (AvgIpc) is 3.06. The number of hydrogen-bond donors (Lipinski definition) is 4. The van der Waals surface area contributed by atoms with Gasteiger partial charge in [-0.25, -0.2) is 0 Å². The molecule has 0 spiro atoms. The zero-order valence-corrected chi connectivity index (χ0v) is 16.1. The molecule has 0 bridgehead atoms. The van der Waals surface area contributed by atoms with Gasteiger partial charge >= 0.3 is 0 Å². The molecule has 1 aliphatic carbocycles. The fraction of sp³-hybridized carbons (Fsp3) is 0.318. The zero-order valence-electron chi connectivity index (χ0n) is 16.1. The molecule has 2 unspecified atom stereocenters. The van der Waals surface area contributed by atoms with Crippen LogP contribution in [0.5, 0.6) is 0 Å². The lowest BCUT2D eigenvalue weighted by molar-refractivity contribution is 0.100. The molecule has 28 heavy (non-hydrogen) atoms. The predicted molar refractivity (Wildman–Crippen MR) is 115 cm³/mol. The van der Waals surface area contributed by atoms with Crippen molar-refractivity contribution in [1.82, 2.24) is 4.57 Å². The molecule has 0 radical (unpaired) electrons. The number of fused-ring (bicyclic) bond motifs is 1. The Labute approximate surface area is 164 Å². The highest BCUT2D eigenvalue weighted by Crippen LogP contribution is 2.31. The molecule has 146 valence electrons. The predicted octanol–water partition coefficient (Wildman–Crippen LogP) is 3.70. The highest BCUT2D eigenvalue weighted by Gasteiger charge is 2.22. The van der Waals surface area contributed by atoms with Gasteiger partial charge in [0.25, 0.3) is 5.91 Å². The van der Waals surface area contributed by atoms with Crippen LogP contribution in [0.3, 0.4) is 0 Å². The molecular weight excluding hydrogens is 350 g/mol. The number of nitrogens with one attached hydrogen (secondary N) is 2. The normalized spacial score (nSPS) is 19.5. The minimum Gasteiger partial charge on any atom is -0.381 e. The van der Waals surface area contributed by atoms with E-state index < -0.39 is 5.91 Å². The Hall–Kier alpha value is -2.99. The van der Waals surface area contributed by atoms with Crippen LogP contribution in [0.2, 0.25) is 0 Å². The van der Waals surface area contributed by atoms with Gasteiger partial charge < -0.3 is 26.7 Å². The maximum atomic E-state index is 12.0. The lowest BCUT2D eigenvalue weighted by atomic mass is 9.91. The number of rotatable bonds is 5. The Bertz CT molecular complexity index is 1010. The minimum absolute atomic E-state index is 0.152. The van der Waals surface area contributed by atoms with Gasteiger partial charge in [0.05, 0.1) is 11.3 Å². The quantitative estimate of drug-likeness (QED) is 0.545. The topological polar surface area (TPSA) is 98.1 Å². The van der Waals surface area contributed by atoms with E-state index in [9.17, 15) is 4.79 Å². The summed E-state index contributed by atoms with van der Waals surface area (Å²) in [6, 6.07) is 14.1. The first kappa shape index (κ1) is 18.4. The number of aromatic nitrogens is 1. The summed E-state index contributed by atoms with van der Waals surface area (Å²) in [6.45, 7) is 0. The van der Waals surface area contributed by atoms with Gasteiger partial charge in [-0.2, -0.15) is 0 Å². The van der Waals surface area contributed by atoms with E-state index in [1.165, 1.54) is 12.8 Å². The van der Waals surface area contributed by atoms with E-state index in [1.807, 2.05) is 37.5 Å². The monoisotopic (exact) mass is 377 g/mol. The number of primary amides is 1. The van der Waals surface area contributed by atoms with Crippen LogP contribution in [0.15, 0.2) is 48.7 Å². The summed E-state index contributed by atoms with van der Waals surface area (Å²) in [4.78, 5) is 12.0. The van der Waals surface area contributed by atoms with Gasteiger partial charge in [0.2, 0.25) is 0 Å². The Morgan fingerprint density at radius 2 is 1.93 bits per heavy atom. The molecule has 1 aliphatic rings. The number of carbonyl (C=O) groups is 1. The van der Waals surface area contributed by atoms with Crippen LogP contribution in [0, 0.1) is 0 Å². The maximum absolute atomic E-state index is 12.0. The molecule has 4 rings (SSSR count). The van der Waals surface area contributed by atoms with Crippen molar-refractivity contribution in [3.8, 4) is 0 Å². The third kappa shape index (κ3) is 3.55. The fourth-order valence-corrected chi connectivity index (χ4v) is 4.06. The van der Waals surface area contributed by atoms with Gasteiger partial charge in [0.15, 0.2) is 0 Å². The number of nitrogens with two attached hydrogens (primary N) is 2.